The molecule has 0 aliphatic heterocycles. The van der Waals surface area contributed by atoms with Gasteiger partial charge >= 0.3 is 0 Å². The van der Waals surface area contributed by atoms with Crippen molar-refractivity contribution >= 4 is 43.7 Å². The van der Waals surface area contributed by atoms with Crippen molar-refractivity contribution in [2.75, 3.05) is 0 Å². The van der Waals surface area contributed by atoms with Gasteiger partial charge in [0.2, 0.25) is 0 Å². The van der Waals surface area contributed by atoms with Gasteiger partial charge in [0, 0.05) is 43.7 Å². The highest BCUT2D eigenvalue weighted by Gasteiger charge is 2.37. The van der Waals surface area contributed by atoms with E-state index in [0.29, 0.717) is 17.5 Å². The summed E-state index contributed by atoms with van der Waals surface area (Å²) < 4.78 is 9.27. The van der Waals surface area contributed by atoms with Crippen LogP contribution in [0.2, 0.25) is 0 Å². The Labute approximate surface area is 305 Å². The Hall–Kier alpha value is -6.85. The van der Waals surface area contributed by atoms with Gasteiger partial charge in [0.1, 0.15) is 5.58 Å². The van der Waals surface area contributed by atoms with Gasteiger partial charge in [0.25, 0.3) is 0 Å². The minimum atomic E-state index is -0.0985. The summed E-state index contributed by atoms with van der Waals surface area (Å²) in [6.07, 6.45) is 0. The van der Waals surface area contributed by atoms with Crippen molar-refractivity contribution in [3.05, 3.63) is 169 Å². The predicted octanol–water partition coefficient (Wildman–Crippen LogP) is 12.2. The van der Waals surface area contributed by atoms with E-state index in [2.05, 4.69) is 103 Å². The number of rotatable bonds is 4. The second-order valence-electron chi connectivity index (χ2n) is 14.4. The standard InChI is InChI=1S/C48H32N4O/c1-48(2)35-22-12-9-19-31(35)42-36(48)26-28-38-43(42)32-20-10-13-23-37(32)52(38)39-27-25-34(41-33-21-11-14-24-40(33)53-44(39)41)47-50-45(29-15-5-3-6-16-29)49-46(51-47)30-17-7-4-8-18-30/h3-28H,1-2H3. The van der Waals surface area contributed by atoms with Gasteiger partial charge in [0.05, 0.1) is 16.7 Å². The molecule has 5 nitrogen and oxygen atoms in total. The van der Waals surface area contributed by atoms with E-state index >= 15 is 0 Å². The van der Waals surface area contributed by atoms with E-state index in [4.69, 9.17) is 19.4 Å². The molecule has 11 rings (SSSR count). The number of hydrogen-bond donors (Lipinski definition) is 0. The normalized spacial score (nSPS) is 13.2. The summed E-state index contributed by atoms with van der Waals surface area (Å²) in [6, 6.07) is 55.1. The highest BCUT2D eigenvalue weighted by molar-refractivity contribution is 6.20. The molecule has 5 heteroatoms. The summed E-state index contributed by atoms with van der Waals surface area (Å²) in [5, 5.41) is 4.47. The average molecular weight is 681 g/mol. The molecule has 0 unspecified atom stereocenters. The second kappa shape index (κ2) is 11.1. The summed E-state index contributed by atoms with van der Waals surface area (Å²) in [7, 11) is 0. The molecule has 7 aromatic carbocycles. The van der Waals surface area contributed by atoms with Crippen molar-refractivity contribution < 1.29 is 4.42 Å². The number of hydrogen-bond acceptors (Lipinski definition) is 4. The Morgan fingerprint density at radius 3 is 1.85 bits per heavy atom. The third-order valence-electron chi connectivity index (χ3n) is 11.1. The minimum Gasteiger partial charge on any atom is -0.454 e. The first kappa shape index (κ1) is 29.8. The molecule has 0 saturated carbocycles. The van der Waals surface area contributed by atoms with E-state index in [1.54, 1.807) is 0 Å². The Morgan fingerprint density at radius 2 is 1.09 bits per heavy atom. The van der Waals surface area contributed by atoms with Crippen molar-refractivity contribution in [1.82, 2.24) is 19.5 Å². The molecule has 250 valence electrons. The SMILES string of the molecule is CC1(C)c2ccccc2-c2c1ccc1c2c2ccccc2n1-c1ccc(-c2nc(-c3ccccc3)nc(-c3ccccc3)n2)c2c1oc1ccccc12. The number of furan rings is 1. The molecule has 3 aromatic heterocycles. The van der Waals surface area contributed by atoms with Crippen molar-refractivity contribution in [2.45, 2.75) is 19.3 Å². The molecule has 0 atom stereocenters. The smallest absolute Gasteiger partial charge is 0.164 e. The van der Waals surface area contributed by atoms with Gasteiger partial charge in [-0.2, -0.15) is 0 Å². The molecule has 1 aliphatic rings. The monoisotopic (exact) mass is 680 g/mol. The quantitative estimate of drug-likeness (QED) is 0.186. The molecule has 0 spiro atoms. The molecule has 0 saturated heterocycles. The van der Waals surface area contributed by atoms with E-state index in [1.165, 1.54) is 33.0 Å². The van der Waals surface area contributed by atoms with Gasteiger partial charge in [-0.3, -0.25) is 0 Å². The van der Waals surface area contributed by atoms with E-state index in [-0.39, 0.29) is 5.41 Å². The predicted molar refractivity (Wildman–Crippen MR) is 215 cm³/mol. The van der Waals surface area contributed by atoms with Gasteiger partial charge in [-0.25, -0.2) is 15.0 Å². The molecule has 53 heavy (non-hydrogen) atoms. The largest absolute Gasteiger partial charge is 0.454 e. The number of benzene rings is 7. The zero-order valence-corrected chi connectivity index (χ0v) is 29.2. The average Bonchev–Trinajstić information content (AvgIpc) is 3.84. The molecule has 10 aromatic rings. The lowest BCUT2D eigenvalue weighted by Gasteiger charge is -2.21. The van der Waals surface area contributed by atoms with Crippen LogP contribution in [0.3, 0.4) is 0 Å². The lowest BCUT2D eigenvalue weighted by Crippen LogP contribution is -2.14. The van der Waals surface area contributed by atoms with Gasteiger partial charge in [0.15, 0.2) is 23.1 Å². The summed E-state index contributed by atoms with van der Waals surface area (Å²) in [5.74, 6) is 1.84. The van der Waals surface area contributed by atoms with Crippen molar-refractivity contribution in [3.63, 3.8) is 0 Å². The third kappa shape index (κ3) is 4.28. The van der Waals surface area contributed by atoms with Crippen LogP contribution < -0.4 is 0 Å². The lowest BCUT2D eigenvalue weighted by atomic mass is 9.82. The molecule has 1 aliphatic carbocycles. The first-order valence-electron chi connectivity index (χ1n) is 18.0. The maximum absolute atomic E-state index is 6.89. The van der Waals surface area contributed by atoms with Gasteiger partial charge in [-0.15, -0.1) is 0 Å². The highest BCUT2D eigenvalue weighted by Crippen LogP contribution is 2.53. The number of fused-ring (bicyclic) bond motifs is 10. The maximum atomic E-state index is 6.89. The van der Waals surface area contributed by atoms with Crippen LogP contribution in [0.5, 0.6) is 0 Å². The zero-order chi connectivity index (χ0) is 35.3. The number of aromatic nitrogens is 4. The van der Waals surface area contributed by atoms with Crippen molar-refractivity contribution in [1.29, 1.82) is 0 Å². The topological polar surface area (TPSA) is 56.7 Å². The molecule has 0 amide bonds. The van der Waals surface area contributed by atoms with Crippen molar-refractivity contribution in [3.8, 4) is 51.0 Å². The Bertz CT molecular complexity index is 3020. The van der Waals surface area contributed by atoms with Crippen LogP contribution in [0.15, 0.2) is 162 Å². The molecular formula is C48H32N4O. The van der Waals surface area contributed by atoms with Crippen LogP contribution in [-0.4, -0.2) is 19.5 Å². The third-order valence-corrected chi connectivity index (χ3v) is 11.1. The van der Waals surface area contributed by atoms with E-state index < -0.39 is 0 Å². The van der Waals surface area contributed by atoms with Crippen LogP contribution in [0, 0.1) is 0 Å². The van der Waals surface area contributed by atoms with Gasteiger partial charge in [-0.1, -0.05) is 141 Å². The maximum Gasteiger partial charge on any atom is 0.164 e. The Balaban J connectivity index is 1.22. The van der Waals surface area contributed by atoms with E-state index in [1.807, 2.05) is 72.8 Å². The fraction of sp³-hybridized carbons (Fsp3) is 0.0625. The lowest BCUT2D eigenvalue weighted by molar-refractivity contribution is 0.660. The van der Waals surface area contributed by atoms with E-state index in [9.17, 15) is 0 Å². The molecule has 0 bridgehead atoms. The first-order chi connectivity index (χ1) is 26.1. The molecule has 0 N–H and O–H groups in total. The Kier molecular flexibility index (Phi) is 6.23. The van der Waals surface area contributed by atoms with Gasteiger partial charge < -0.3 is 8.98 Å². The molecule has 3 heterocycles. The van der Waals surface area contributed by atoms with Crippen LogP contribution in [0.25, 0.3) is 94.7 Å². The first-order valence-corrected chi connectivity index (χ1v) is 18.0. The van der Waals surface area contributed by atoms with E-state index in [0.717, 1.165) is 55.3 Å². The van der Waals surface area contributed by atoms with Crippen LogP contribution >= 0.6 is 0 Å². The summed E-state index contributed by atoms with van der Waals surface area (Å²) in [4.78, 5) is 15.2. The zero-order valence-electron chi connectivity index (χ0n) is 29.2. The van der Waals surface area contributed by atoms with Crippen LogP contribution in [0.4, 0.5) is 0 Å². The summed E-state index contributed by atoms with van der Waals surface area (Å²) in [5.41, 5.74) is 12.9. The van der Waals surface area contributed by atoms with Crippen LogP contribution in [0.1, 0.15) is 25.0 Å². The molecule has 0 radical (unpaired) electrons. The van der Waals surface area contributed by atoms with Crippen molar-refractivity contribution in [2.24, 2.45) is 0 Å². The second-order valence-corrected chi connectivity index (χ2v) is 14.4. The molecular weight excluding hydrogens is 649 g/mol. The van der Waals surface area contributed by atoms with Crippen LogP contribution in [-0.2, 0) is 5.41 Å². The summed E-state index contributed by atoms with van der Waals surface area (Å²) >= 11 is 0. The fourth-order valence-corrected chi connectivity index (χ4v) is 8.62. The summed E-state index contributed by atoms with van der Waals surface area (Å²) in [6.45, 7) is 4.68. The van der Waals surface area contributed by atoms with Gasteiger partial charge in [-0.05, 0) is 52.6 Å². The number of para-hydroxylation sites is 2. The molecule has 0 fully saturated rings. The highest BCUT2D eigenvalue weighted by atomic mass is 16.3. The number of nitrogens with zero attached hydrogens (tertiary/aromatic N) is 4. The Morgan fingerprint density at radius 1 is 0.472 bits per heavy atom. The fourth-order valence-electron chi connectivity index (χ4n) is 8.62. The minimum absolute atomic E-state index is 0.0985.